The molecule has 0 fully saturated rings. The summed E-state index contributed by atoms with van der Waals surface area (Å²) in [5.74, 6) is -1.97. The van der Waals surface area contributed by atoms with Gasteiger partial charge in [0, 0.05) is 16.9 Å². The fraction of sp³-hybridized carbons (Fsp3) is 0. The van der Waals surface area contributed by atoms with Crippen LogP contribution in [0, 0.1) is 0 Å². The Balaban J connectivity index is 1.52. The van der Waals surface area contributed by atoms with Crippen LogP contribution in [-0.4, -0.2) is 26.1 Å². The van der Waals surface area contributed by atoms with Crippen molar-refractivity contribution in [2.45, 2.75) is 4.90 Å². The van der Waals surface area contributed by atoms with Crippen molar-refractivity contribution in [1.29, 1.82) is 0 Å². The highest BCUT2D eigenvalue weighted by Crippen LogP contribution is 2.33. The van der Waals surface area contributed by atoms with Crippen LogP contribution >= 0.6 is 34.8 Å². The number of primary sulfonamides is 1. The zero-order valence-corrected chi connectivity index (χ0v) is 21.0. The predicted octanol–water partition coefficient (Wildman–Crippen LogP) is 4.33. The number of anilines is 3. The third-order valence-electron chi connectivity index (χ3n) is 5.02. The van der Waals surface area contributed by atoms with E-state index in [4.69, 9.17) is 39.9 Å². The van der Waals surface area contributed by atoms with Crippen LogP contribution in [0.15, 0.2) is 82.4 Å². The Morgan fingerprint density at radius 2 is 1.53 bits per heavy atom. The monoisotopic (exact) mass is 564 g/mol. The van der Waals surface area contributed by atoms with E-state index in [2.05, 4.69) is 10.6 Å². The molecule has 4 rings (SSSR count). The van der Waals surface area contributed by atoms with E-state index < -0.39 is 27.7 Å². The van der Waals surface area contributed by atoms with E-state index >= 15 is 0 Å². The number of imide groups is 1. The summed E-state index contributed by atoms with van der Waals surface area (Å²) in [4.78, 5) is 39.1. The highest BCUT2D eigenvalue weighted by molar-refractivity contribution is 7.89. The predicted molar refractivity (Wildman–Crippen MR) is 138 cm³/mol. The average Bonchev–Trinajstić information content (AvgIpc) is 3.04. The SMILES string of the molecule is NS(=O)(=O)c1ccc(NC(=O)c2cccc(NC3=C(Cl)C(=O)N(c4ccc(Cl)c(Cl)c4)C3=O)c2)cc1. The molecule has 3 aromatic carbocycles. The Kier molecular flexibility index (Phi) is 7.07. The molecule has 1 heterocycles. The summed E-state index contributed by atoms with van der Waals surface area (Å²) in [6, 6.07) is 15.7. The molecule has 1 aliphatic rings. The van der Waals surface area contributed by atoms with Gasteiger partial charge in [0.2, 0.25) is 10.0 Å². The van der Waals surface area contributed by atoms with E-state index in [-0.39, 0.29) is 36.9 Å². The number of nitrogens with two attached hydrogens (primary N) is 1. The van der Waals surface area contributed by atoms with Crippen LogP contribution in [0.4, 0.5) is 17.1 Å². The Morgan fingerprint density at radius 1 is 0.833 bits per heavy atom. The molecule has 0 aliphatic carbocycles. The summed E-state index contributed by atoms with van der Waals surface area (Å²) in [6.45, 7) is 0. The fourth-order valence-corrected chi connectivity index (χ4v) is 4.30. The van der Waals surface area contributed by atoms with Gasteiger partial charge in [-0.2, -0.15) is 0 Å². The minimum absolute atomic E-state index is 0.0949. The van der Waals surface area contributed by atoms with Crippen molar-refractivity contribution in [2.24, 2.45) is 5.14 Å². The average molecular weight is 566 g/mol. The number of nitrogens with zero attached hydrogens (tertiary/aromatic N) is 1. The second-order valence-electron chi connectivity index (χ2n) is 7.46. The number of hydrogen-bond donors (Lipinski definition) is 3. The molecule has 3 amide bonds. The van der Waals surface area contributed by atoms with Crippen LogP contribution in [0.2, 0.25) is 10.0 Å². The number of carbonyl (C=O) groups excluding carboxylic acids is 3. The molecule has 13 heteroatoms. The van der Waals surface area contributed by atoms with Crippen LogP contribution < -0.4 is 20.7 Å². The number of benzene rings is 3. The summed E-state index contributed by atoms with van der Waals surface area (Å²) in [7, 11) is -3.86. The standard InChI is InChI=1S/C23H15Cl3N4O5S/c24-17-9-6-15(11-18(17)25)30-22(32)19(26)20(23(30)33)28-14-3-1-2-12(10-14)21(31)29-13-4-7-16(8-5-13)36(27,34)35/h1-11,28H,(H,29,31)(H2,27,34,35). The lowest BCUT2D eigenvalue weighted by molar-refractivity contribution is -0.120. The number of sulfonamides is 1. The Labute approximate surface area is 220 Å². The molecule has 0 saturated carbocycles. The minimum Gasteiger partial charge on any atom is -0.350 e. The summed E-state index contributed by atoms with van der Waals surface area (Å²) in [5, 5.41) is 10.6. The summed E-state index contributed by atoms with van der Waals surface area (Å²) in [6.07, 6.45) is 0. The highest BCUT2D eigenvalue weighted by Gasteiger charge is 2.39. The van der Waals surface area contributed by atoms with Crippen LogP contribution in [0.25, 0.3) is 0 Å². The fourth-order valence-electron chi connectivity index (χ4n) is 3.28. The van der Waals surface area contributed by atoms with Gasteiger partial charge in [0.15, 0.2) is 0 Å². The smallest absolute Gasteiger partial charge is 0.283 e. The summed E-state index contributed by atoms with van der Waals surface area (Å²) in [5.41, 5.74) is 0.882. The quantitative estimate of drug-likeness (QED) is 0.380. The number of halogens is 3. The molecule has 9 nitrogen and oxygen atoms in total. The van der Waals surface area contributed by atoms with Crippen LogP contribution in [0.5, 0.6) is 0 Å². The molecular weight excluding hydrogens is 551 g/mol. The van der Waals surface area contributed by atoms with Crippen LogP contribution in [0.3, 0.4) is 0 Å². The molecule has 4 N–H and O–H groups in total. The molecule has 184 valence electrons. The largest absolute Gasteiger partial charge is 0.350 e. The molecule has 0 saturated heterocycles. The maximum absolute atomic E-state index is 13.0. The van der Waals surface area contributed by atoms with Crippen molar-refractivity contribution in [1.82, 2.24) is 0 Å². The Hall–Kier alpha value is -3.41. The molecule has 0 spiro atoms. The normalized spacial score (nSPS) is 13.8. The zero-order chi connectivity index (χ0) is 26.2. The molecule has 1 aliphatic heterocycles. The molecular formula is C23H15Cl3N4O5S. The van der Waals surface area contributed by atoms with Gasteiger partial charge < -0.3 is 10.6 Å². The summed E-state index contributed by atoms with van der Waals surface area (Å²) < 4.78 is 22.7. The number of amides is 3. The molecule has 0 unspecified atom stereocenters. The van der Waals surface area contributed by atoms with Gasteiger partial charge in [0.05, 0.1) is 20.6 Å². The van der Waals surface area contributed by atoms with Gasteiger partial charge in [0.25, 0.3) is 17.7 Å². The van der Waals surface area contributed by atoms with Gasteiger partial charge in [-0.3, -0.25) is 14.4 Å². The van der Waals surface area contributed by atoms with Crippen LogP contribution in [0.1, 0.15) is 10.4 Å². The van der Waals surface area contributed by atoms with Gasteiger partial charge in [0.1, 0.15) is 10.7 Å². The van der Waals surface area contributed by atoms with Crippen molar-refractivity contribution in [3.63, 3.8) is 0 Å². The lowest BCUT2D eigenvalue weighted by Crippen LogP contribution is -2.32. The maximum Gasteiger partial charge on any atom is 0.283 e. The van der Waals surface area contributed by atoms with Crippen molar-refractivity contribution in [3.05, 3.63) is 93.1 Å². The first kappa shape index (κ1) is 25.7. The topological polar surface area (TPSA) is 139 Å². The lowest BCUT2D eigenvalue weighted by atomic mass is 10.1. The van der Waals surface area contributed by atoms with Gasteiger partial charge >= 0.3 is 0 Å². The first-order valence-electron chi connectivity index (χ1n) is 10.0. The van der Waals surface area contributed by atoms with E-state index in [1.54, 1.807) is 12.1 Å². The van der Waals surface area contributed by atoms with Gasteiger partial charge in [-0.25, -0.2) is 18.5 Å². The van der Waals surface area contributed by atoms with E-state index in [9.17, 15) is 22.8 Å². The lowest BCUT2D eigenvalue weighted by Gasteiger charge is -2.16. The number of rotatable bonds is 6. The Bertz CT molecular complexity index is 1560. The number of hydrogen-bond acceptors (Lipinski definition) is 6. The van der Waals surface area contributed by atoms with Crippen molar-refractivity contribution in [2.75, 3.05) is 15.5 Å². The number of nitrogens with one attached hydrogen (secondary N) is 2. The van der Waals surface area contributed by atoms with E-state index in [1.165, 1.54) is 54.6 Å². The third-order valence-corrected chi connectivity index (χ3v) is 7.04. The highest BCUT2D eigenvalue weighted by atomic mass is 35.5. The molecule has 3 aromatic rings. The van der Waals surface area contributed by atoms with Gasteiger partial charge in [-0.05, 0) is 60.7 Å². The second kappa shape index (κ2) is 9.92. The van der Waals surface area contributed by atoms with Crippen LogP contribution in [-0.2, 0) is 19.6 Å². The van der Waals surface area contributed by atoms with Gasteiger partial charge in [-0.15, -0.1) is 0 Å². The molecule has 36 heavy (non-hydrogen) atoms. The minimum atomic E-state index is -3.86. The first-order chi connectivity index (χ1) is 17.0. The molecule has 0 aromatic heterocycles. The maximum atomic E-state index is 13.0. The zero-order valence-electron chi connectivity index (χ0n) is 18.0. The van der Waals surface area contributed by atoms with Crippen molar-refractivity contribution < 1.29 is 22.8 Å². The van der Waals surface area contributed by atoms with E-state index in [0.717, 1.165) is 4.90 Å². The number of carbonyl (C=O) groups is 3. The molecule has 0 radical (unpaired) electrons. The third kappa shape index (κ3) is 5.23. The van der Waals surface area contributed by atoms with E-state index in [0.29, 0.717) is 11.4 Å². The van der Waals surface area contributed by atoms with Gasteiger partial charge in [-0.1, -0.05) is 40.9 Å². The Morgan fingerprint density at radius 3 is 2.17 bits per heavy atom. The molecule has 0 atom stereocenters. The first-order valence-corrected chi connectivity index (χ1v) is 12.7. The summed E-state index contributed by atoms with van der Waals surface area (Å²) >= 11 is 18.1. The molecule has 0 bridgehead atoms. The second-order valence-corrected chi connectivity index (χ2v) is 10.2. The van der Waals surface area contributed by atoms with E-state index in [1.807, 2.05) is 0 Å². The van der Waals surface area contributed by atoms with Crippen molar-refractivity contribution >= 4 is 79.6 Å². The van der Waals surface area contributed by atoms with Crippen molar-refractivity contribution in [3.8, 4) is 0 Å².